The van der Waals surface area contributed by atoms with Gasteiger partial charge in [0.2, 0.25) is 0 Å². The summed E-state index contributed by atoms with van der Waals surface area (Å²) in [5.41, 5.74) is 0.542. The van der Waals surface area contributed by atoms with Gasteiger partial charge in [0, 0.05) is 12.0 Å². The van der Waals surface area contributed by atoms with Gasteiger partial charge in [-0.2, -0.15) is 11.8 Å². The first-order valence-electron chi connectivity index (χ1n) is 6.31. The Morgan fingerprint density at radius 1 is 1.47 bits per heavy atom. The number of carbonyl (C=O) groups is 1. The summed E-state index contributed by atoms with van der Waals surface area (Å²) in [7, 11) is 0. The van der Waals surface area contributed by atoms with E-state index in [-0.39, 0.29) is 17.7 Å². The van der Waals surface area contributed by atoms with Crippen LogP contribution in [0.25, 0.3) is 0 Å². The number of hydrogen-bond acceptors (Lipinski definition) is 5. The van der Waals surface area contributed by atoms with Crippen molar-refractivity contribution in [3.05, 3.63) is 17.7 Å². The van der Waals surface area contributed by atoms with Crippen LogP contribution >= 0.6 is 11.8 Å². The second kappa shape index (κ2) is 7.33. The quantitative estimate of drug-likeness (QED) is 0.801. The average Bonchev–Trinajstić information content (AvgIpc) is 2.36. The molecule has 0 fully saturated rings. The molecule has 0 aliphatic heterocycles. The number of aromatic carboxylic acids is 1. The van der Waals surface area contributed by atoms with E-state index < -0.39 is 5.97 Å². The Labute approximate surface area is 118 Å². The van der Waals surface area contributed by atoms with E-state index in [0.29, 0.717) is 11.5 Å². The standard InChI is InChI=1S/C13H21N3O2S/c1-8(2)12-14-7-10(11(16-12)13(17)18)15-9(3)5-6-19-4/h7-9,15H,5-6H2,1-4H3,(H,17,18). The van der Waals surface area contributed by atoms with E-state index in [1.807, 2.05) is 20.8 Å². The minimum atomic E-state index is -1.02. The summed E-state index contributed by atoms with van der Waals surface area (Å²) in [6, 6.07) is 0.194. The zero-order valence-corrected chi connectivity index (χ0v) is 12.6. The lowest BCUT2D eigenvalue weighted by Crippen LogP contribution is -2.20. The first-order valence-corrected chi connectivity index (χ1v) is 7.70. The highest BCUT2D eigenvalue weighted by Gasteiger charge is 2.16. The van der Waals surface area contributed by atoms with Crippen molar-refractivity contribution in [1.29, 1.82) is 0 Å². The molecule has 106 valence electrons. The van der Waals surface area contributed by atoms with E-state index in [4.69, 9.17) is 0 Å². The maximum atomic E-state index is 11.3. The molecule has 6 heteroatoms. The summed E-state index contributed by atoms with van der Waals surface area (Å²) < 4.78 is 0. The van der Waals surface area contributed by atoms with Crippen molar-refractivity contribution in [2.45, 2.75) is 39.2 Å². The number of nitrogens with zero attached hydrogens (tertiary/aromatic N) is 2. The van der Waals surface area contributed by atoms with Crippen molar-refractivity contribution in [3.63, 3.8) is 0 Å². The summed E-state index contributed by atoms with van der Waals surface area (Å²) in [5, 5.41) is 12.4. The Balaban J connectivity index is 2.91. The smallest absolute Gasteiger partial charge is 0.356 e. The number of rotatable bonds is 7. The summed E-state index contributed by atoms with van der Waals surface area (Å²) in [4.78, 5) is 19.6. The number of thioether (sulfide) groups is 1. The molecule has 0 saturated heterocycles. The van der Waals surface area contributed by atoms with Crippen LogP contribution in [0.15, 0.2) is 6.20 Å². The van der Waals surface area contributed by atoms with Gasteiger partial charge in [-0.3, -0.25) is 0 Å². The van der Waals surface area contributed by atoms with E-state index in [2.05, 4.69) is 21.5 Å². The number of anilines is 1. The fraction of sp³-hybridized carbons (Fsp3) is 0.615. The lowest BCUT2D eigenvalue weighted by atomic mass is 10.2. The molecule has 1 rings (SSSR count). The van der Waals surface area contributed by atoms with Crippen molar-refractivity contribution in [1.82, 2.24) is 9.97 Å². The minimum absolute atomic E-state index is 0.0506. The summed E-state index contributed by atoms with van der Waals surface area (Å²) in [5.74, 6) is 0.672. The Hall–Kier alpha value is -1.30. The van der Waals surface area contributed by atoms with Crippen LogP contribution in [0.1, 0.15) is 49.4 Å². The van der Waals surface area contributed by atoms with E-state index >= 15 is 0 Å². The second-order valence-corrected chi connectivity index (χ2v) is 5.76. The van der Waals surface area contributed by atoms with Crippen LogP contribution in [-0.2, 0) is 0 Å². The van der Waals surface area contributed by atoms with Gasteiger partial charge in [-0.05, 0) is 25.4 Å². The van der Waals surface area contributed by atoms with Crippen LogP contribution in [0.3, 0.4) is 0 Å². The van der Waals surface area contributed by atoms with Gasteiger partial charge in [0.05, 0.1) is 11.9 Å². The second-order valence-electron chi connectivity index (χ2n) is 4.78. The van der Waals surface area contributed by atoms with Gasteiger partial charge in [0.1, 0.15) is 5.82 Å². The molecule has 0 aliphatic carbocycles. The van der Waals surface area contributed by atoms with Gasteiger partial charge in [-0.1, -0.05) is 13.8 Å². The predicted octanol–water partition coefficient (Wildman–Crippen LogP) is 2.85. The van der Waals surface area contributed by atoms with Gasteiger partial charge >= 0.3 is 5.97 Å². The molecule has 1 aromatic rings. The molecule has 1 atom stereocenters. The molecule has 0 aliphatic rings. The van der Waals surface area contributed by atoms with Gasteiger partial charge in [-0.15, -0.1) is 0 Å². The van der Waals surface area contributed by atoms with Crippen LogP contribution in [0, 0.1) is 0 Å². The summed E-state index contributed by atoms with van der Waals surface area (Å²) >= 11 is 1.77. The highest BCUT2D eigenvalue weighted by atomic mass is 32.2. The Morgan fingerprint density at radius 2 is 2.16 bits per heavy atom. The maximum absolute atomic E-state index is 11.3. The molecule has 2 N–H and O–H groups in total. The van der Waals surface area contributed by atoms with E-state index in [1.54, 1.807) is 18.0 Å². The number of aromatic nitrogens is 2. The Bertz CT molecular complexity index is 438. The van der Waals surface area contributed by atoms with Crippen LogP contribution in [0.2, 0.25) is 0 Å². The van der Waals surface area contributed by atoms with Crippen molar-refractivity contribution >= 4 is 23.4 Å². The van der Waals surface area contributed by atoms with Crippen molar-refractivity contribution in [3.8, 4) is 0 Å². The fourth-order valence-electron chi connectivity index (χ4n) is 1.57. The van der Waals surface area contributed by atoms with Crippen molar-refractivity contribution < 1.29 is 9.90 Å². The number of carboxylic acids is 1. The molecule has 0 bridgehead atoms. The predicted molar refractivity (Wildman–Crippen MR) is 79.2 cm³/mol. The third-order valence-corrected chi connectivity index (χ3v) is 3.33. The molecule has 0 saturated carbocycles. The average molecular weight is 283 g/mol. The third-order valence-electron chi connectivity index (χ3n) is 2.68. The fourth-order valence-corrected chi connectivity index (χ4v) is 2.16. The van der Waals surface area contributed by atoms with Crippen LogP contribution in [0.4, 0.5) is 5.69 Å². The zero-order valence-electron chi connectivity index (χ0n) is 11.8. The minimum Gasteiger partial charge on any atom is -0.476 e. The molecule has 0 aromatic carbocycles. The maximum Gasteiger partial charge on any atom is 0.356 e. The van der Waals surface area contributed by atoms with Crippen LogP contribution < -0.4 is 5.32 Å². The van der Waals surface area contributed by atoms with E-state index in [0.717, 1.165) is 12.2 Å². The van der Waals surface area contributed by atoms with Crippen LogP contribution in [0.5, 0.6) is 0 Å². The Kier molecular flexibility index (Phi) is 6.08. The largest absolute Gasteiger partial charge is 0.476 e. The number of nitrogens with one attached hydrogen (secondary N) is 1. The molecular formula is C13H21N3O2S. The van der Waals surface area contributed by atoms with Crippen molar-refractivity contribution in [2.24, 2.45) is 0 Å². The first-order chi connectivity index (χ1) is 8.95. The summed E-state index contributed by atoms with van der Waals surface area (Å²) in [6.07, 6.45) is 4.59. The van der Waals surface area contributed by atoms with Crippen LogP contribution in [-0.4, -0.2) is 39.1 Å². The zero-order chi connectivity index (χ0) is 14.4. The van der Waals surface area contributed by atoms with Crippen molar-refractivity contribution in [2.75, 3.05) is 17.3 Å². The lowest BCUT2D eigenvalue weighted by Gasteiger charge is -2.16. The SMILES string of the molecule is CSCCC(C)Nc1cnc(C(C)C)nc1C(=O)O. The molecule has 19 heavy (non-hydrogen) atoms. The topological polar surface area (TPSA) is 75.1 Å². The molecular weight excluding hydrogens is 262 g/mol. The first kappa shape index (κ1) is 15.8. The number of carboxylic acid groups (broad SMARTS) is 1. The van der Waals surface area contributed by atoms with E-state index in [1.165, 1.54) is 0 Å². The monoisotopic (exact) mass is 283 g/mol. The van der Waals surface area contributed by atoms with E-state index in [9.17, 15) is 9.90 Å². The Morgan fingerprint density at radius 3 is 2.68 bits per heavy atom. The molecule has 1 aromatic heterocycles. The third kappa shape index (κ3) is 4.70. The van der Waals surface area contributed by atoms with Gasteiger partial charge in [0.25, 0.3) is 0 Å². The molecule has 0 amide bonds. The molecule has 5 nitrogen and oxygen atoms in total. The number of hydrogen-bond donors (Lipinski definition) is 2. The molecule has 0 radical (unpaired) electrons. The highest BCUT2D eigenvalue weighted by molar-refractivity contribution is 7.98. The molecule has 0 spiro atoms. The lowest BCUT2D eigenvalue weighted by molar-refractivity contribution is 0.0691. The molecule has 1 heterocycles. The normalized spacial score (nSPS) is 12.5. The highest BCUT2D eigenvalue weighted by Crippen LogP contribution is 2.18. The van der Waals surface area contributed by atoms with Gasteiger partial charge in [0.15, 0.2) is 5.69 Å². The molecule has 1 unspecified atom stereocenters. The van der Waals surface area contributed by atoms with Gasteiger partial charge < -0.3 is 10.4 Å². The summed E-state index contributed by atoms with van der Waals surface area (Å²) in [6.45, 7) is 5.91. The van der Waals surface area contributed by atoms with Gasteiger partial charge in [-0.25, -0.2) is 14.8 Å².